The van der Waals surface area contributed by atoms with Crippen molar-refractivity contribution in [2.75, 3.05) is 33.4 Å². The van der Waals surface area contributed by atoms with Crippen LogP contribution < -0.4 is 0 Å². The number of esters is 1. The number of methoxy groups -OCH3 is 1. The smallest absolute Gasteiger partial charge is 0.336 e. The number of nitrogens with zero attached hydrogens (tertiary/aromatic N) is 1. The van der Waals surface area contributed by atoms with Crippen LogP contribution in [-0.4, -0.2) is 86.3 Å². The van der Waals surface area contributed by atoms with Crippen LogP contribution in [0.5, 0.6) is 0 Å². The molecule has 166 valence electrons. The minimum atomic E-state index is -0.796. The van der Waals surface area contributed by atoms with Gasteiger partial charge >= 0.3 is 5.97 Å². The molecule has 0 radical (unpaired) electrons. The monoisotopic (exact) mass is 413 g/mol. The van der Waals surface area contributed by atoms with Crippen LogP contribution in [0, 0.1) is 0 Å². The lowest BCUT2D eigenvalue weighted by Gasteiger charge is -2.33. The molecule has 3 rings (SSSR count). The average Bonchev–Trinajstić information content (AvgIpc) is 3.36. The van der Waals surface area contributed by atoms with Gasteiger partial charge in [0.2, 0.25) is 0 Å². The Hall–Kier alpha value is -1.03. The second kappa shape index (κ2) is 8.99. The molecule has 8 nitrogen and oxygen atoms in total. The Morgan fingerprint density at radius 3 is 2.41 bits per heavy atom. The summed E-state index contributed by atoms with van der Waals surface area (Å²) in [5.41, 5.74) is 0. The fraction of sp³-hybridized carbons (Fsp3) is 0.857. The Labute approximate surface area is 173 Å². The largest absolute Gasteiger partial charge is 0.467 e. The standard InChI is InChI=1S/C21H35NO7/c1-7-14-18(29-21(4,5)27-14)17(16-13-25-20(2,3)28-16)26-15(19(23)24-6)12-22-10-8-9-11-22/h7,14-18H,1,8-13H2,2-6H3/t14-,15?,16-,17-,18-/m1/s1. The summed E-state index contributed by atoms with van der Waals surface area (Å²) in [5.74, 6) is -1.94. The van der Waals surface area contributed by atoms with Gasteiger partial charge in [-0.25, -0.2) is 4.79 Å². The van der Waals surface area contributed by atoms with E-state index in [-0.39, 0.29) is 0 Å². The zero-order chi connectivity index (χ0) is 21.2. The third kappa shape index (κ3) is 5.57. The highest BCUT2D eigenvalue weighted by atomic mass is 16.8. The van der Waals surface area contributed by atoms with E-state index >= 15 is 0 Å². The van der Waals surface area contributed by atoms with Gasteiger partial charge in [0.15, 0.2) is 17.7 Å². The number of carbonyl (C=O) groups is 1. The van der Waals surface area contributed by atoms with Crippen LogP contribution >= 0.6 is 0 Å². The van der Waals surface area contributed by atoms with Crippen LogP contribution in [0.4, 0.5) is 0 Å². The molecule has 5 atom stereocenters. The lowest BCUT2D eigenvalue weighted by atomic mass is 10.0. The lowest BCUT2D eigenvalue weighted by molar-refractivity contribution is -0.204. The Morgan fingerprint density at radius 1 is 1.17 bits per heavy atom. The topological polar surface area (TPSA) is 75.7 Å². The van der Waals surface area contributed by atoms with E-state index < -0.39 is 48.1 Å². The zero-order valence-electron chi connectivity index (χ0n) is 18.2. The summed E-state index contributed by atoms with van der Waals surface area (Å²) in [6.45, 7) is 14.0. The molecule has 3 heterocycles. The summed E-state index contributed by atoms with van der Waals surface area (Å²) in [6.07, 6.45) is 1.30. The van der Waals surface area contributed by atoms with Crippen molar-refractivity contribution in [3.63, 3.8) is 0 Å². The van der Waals surface area contributed by atoms with Crippen molar-refractivity contribution in [3.05, 3.63) is 12.7 Å². The molecule has 29 heavy (non-hydrogen) atoms. The van der Waals surface area contributed by atoms with Crippen LogP contribution in [-0.2, 0) is 33.2 Å². The summed E-state index contributed by atoms with van der Waals surface area (Å²) in [5, 5.41) is 0. The SMILES string of the molecule is C=C[C@H]1OC(C)(C)O[C@H]1[C@H](OC(CN1CCCC1)C(=O)OC)[C@H]1COC(C)(C)O1. The molecule has 0 spiro atoms. The minimum absolute atomic E-state index is 0.333. The maximum Gasteiger partial charge on any atom is 0.336 e. The molecule has 8 heteroatoms. The molecular weight excluding hydrogens is 378 g/mol. The van der Waals surface area contributed by atoms with E-state index in [9.17, 15) is 4.79 Å². The van der Waals surface area contributed by atoms with E-state index in [0.717, 1.165) is 25.9 Å². The lowest BCUT2D eigenvalue weighted by Crippen LogP contribution is -2.51. The van der Waals surface area contributed by atoms with Gasteiger partial charge in [-0.15, -0.1) is 6.58 Å². The van der Waals surface area contributed by atoms with Crippen LogP contribution in [0.15, 0.2) is 12.7 Å². The van der Waals surface area contributed by atoms with Gasteiger partial charge in [-0.05, 0) is 53.6 Å². The molecule has 0 aromatic rings. The Bertz CT molecular complexity index is 588. The van der Waals surface area contributed by atoms with Crippen molar-refractivity contribution in [3.8, 4) is 0 Å². The molecule has 0 amide bonds. The molecule has 0 aromatic carbocycles. The van der Waals surface area contributed by atoms with E-state index in [0.29, 0.717) is 13.2 Å². The first-order valence-corrected chi connectivity index (χ1v) is 10.4. The summed E-state index contributed by atoms with van der Waals surface area (Å²) >= 11 is 0. The first-order valence-electron chi connectivity index (χ1n) is 10.4. The van der Waals surface area contributed by atoms with Crippen LogP contribution in [0.2, 0.25) is 0 Å². The Kier molecular flexibility index (Phi) is 7.03. The summed E-state index contributed by atoms with van der Waals surface area (Å²) < 4.78 is 35.4. The predicted molar refractivity (Wildman–Crippen MR) is 105 cm³/mol. The summed E-state index contributed by atoms with van der Waals surface area (Å²) in [4.78, 5) is 14.8. The van der Waals surface area contributed by atoms with Gasteiger partial charge in [0.25, 0.3) is 0 Å². The Balaban J connectivity index is 1.82. The molecule has 0 aliphatic carbocycles. The van der Waals surface area contributed by atoms with Crippen molar-refractivity contribution >= 4 is 5.97 Å². The first kappa shape index (κ1) is 22.7. The number of hydrogen-bond acceptors (Lipinski definition) is 8. The maximum atomic E-state index is 12.5. The number of hydrogen-bond donors (Lipinski definition) is 0. The molecule has 3 aliphatic heterocycles. The van der Waals surface area contributed by atoms with Gasteiger partial charge in [-0.3, -0.25) is 0 Å². The fourth-order valence-electron chi connectivity index (χ4n) is 4.20. The van der Waals surface area contributed by atoms with Crippen LogP contribution in [0.1, 0.15) is 40.5 Å². The highest BCUT2D eigenvalue weighted by molar-refractivity contribution is 5.74. The van der Waals surface area contributed by atoms with Crippen molar-refractivity contribution < 1.29 is 33.2 Å². The molecule has 3 fully saturated rings. The normalized spacial score (nSPS) is 33.5. The predicted octanol–water partition coefficient (Wildman–Crippen LogP) is 1.87. The molecule has 3 aliphatic rings. The quantitative estimate of drug-likeness (QED) is 0.441. The zero-order valence-corrected chi connectivity index (χ0v) is 18.2. The first-order chi connectivity index (χ1) is 13.6. The van der Waals surface area contributed by atoms with E-state index in [1.807, 2.05) is 27.7 Å². The Morgan fingerprint density at radius 2 is 1.86 bits per heavy atom. The fourth-order valence-corrected chi connectivity index (χ4v) is 4.20. The van der Waals surface area contributed by atoms with Crippen molar-refractivity contribution in [2.45, 2.75) is 82.6 Å². The molecule has 0 saturated carbocycles. The molecular formula is C21H35NO7. The molecule has 1 unspecified atom stereocenters. The third-order valence-corrected chi connectivity index (χ3v) is 5.52. The van der Waals surface area contributed by atoms with Gasteiger partial charge in [0, 0.05) is 6.54 Å². The highest BCUT2D eigenvalue weighted by Gasteiger charge is 2.51. The highest BCUT2D eigenvalue weighted by Crippen LogP contribution is 2.36. The molecule has 0 N–H and O–H groups in total. The number of carbonyl (C=O) groups excluding carboxylic acids is 1. The molecule has 0 bridgehead atoms. The third-order valence-electron chi connectivity index (χ3n) is 5.52. The van der Waals surface area contributed by atoms with Crippen LogP contribution in [0.3, 0.4) is 0 Å². The molecule has 0 aromatic heterocycles. The second-order valence-electron chi connectivity index (χ2n) is 8.79. The van der Waals surface area contributed by atoms with Crippen molar-refractivity contribution in [1.29, 1.82) is 0 Å². The number of ether oxygens (including phenoxy) is 6. The minimum Gasteiger partial charge on any atom is -0.467 e. The van der Waals surface area contributed by atoms with Gasteiger partial charge in [-0.1, -0.05) is 6.08 Å². The van der Waals surface area contributed by atoms with Gasteiger partial charge in [0.05, 0.1) is 13.7 Å². The van der Waals surface area contributed by atoms with E-state index in [1.54, 1.807) is 6.08 Å². The van der Waals surface area contributed by atoms with E-state index in [4.69, 9.17) is 28.4 Å². The van der Waals surface area contributed by atoms with E-state index in [1.165, 1.54) is 7.11 Å². The average molecular weight is 414 g/mol. The van der Waals surface area contributed by atoms with Crippen molar-refractivity contribution in [1.82, 2.24) is 4.90 Å². The van der Waals surface area contributed by atoms with Crippen molar-refractivity contribution in [2.24, 2.45) is 0 Å². The van der Waals surface area contributed by atoms with Gasteiger partial charge < -0.3 is 33.3 Å². The number of likely N-dealkylation sites (tertiary alicyclic amines) is 1. The molecule has 3 saturated heterocycles. The van der Waals surface area contributed by atoms with Gasteiger partial charge in [-0.2, -0.15) is 0 Å². The van der Waals surface area contributed by atoms with E-state index in [2.05, 4.69) is 11.5 Å². The second-order valence-corrected chi connectivity index (χ2v) is 8.79. The summed E-state index contributed by atoms with van der Waals surface area (Å²) in [7, 11) is 1.38. The number of rotatable bonds is 8. The van der Waals surface area contributed by atoms with Gasteiger partial charge in [0.1, 0.15) is 24.4 Å². The summed E-state index contributed by atoms with van der Waals surface area (Å²) in [6, 6.07) is 0. The maximum absolute atomic E-state index is 12.5. The van der Waals surface area contributed by atoms with Crippen LogP contribution in [0.25, 0.3) is 0 Å².